The first-order valence-electron chi connectivity index (χ1n) is 7.75. The number of halogens is 3. The molecule has 0 aliphatic rings. The highest BCUT2D eigenvalue weighted by Crippen LogP contribution is 2.32. The van der Waals surface area contributed by atoms with Gasteiger partial charge in [0.05, 0.1) is 11.6 Å². The Morgan fingerprint density at radius 2 is 1.78 bits per heavy atom. The first-order valence-corrected chi connectivity index (χ1v) is 7.75. The van der Waals surface area contributed by atoms with Gasteiger partial charge in [-0.3, -0.25) is 0 Å². The zero-order chi connectivity index (χ0) is 18.9. The van der Waals surface area contributed by atoms with Crippen LogP contribution in [0.25, 0.3) is 22.1 Å². The van der Waals surface area contributed by atoms with Gasteiger partial charge in [0.15, 0.2) is 12.2 Å². The Labute approximate surface area is 150 Å². The molecule has 0 saturated heterocycles. The van der Waals surface area contributed by atoms with Gasteiger partial charge in [-0.05, 0) is 40.5 Å². The van der Waals surface area contributed by atoms with Crippen molar-refractivity contribution < 1.29 is 31.6 Å². The van der Waals surface area contributed by atoms with Gasteiger partial charge in [0.25, 0.3) is 5.88 Å². The van der Waals surface area contributed by atoms with E-state index in [1.54, 1.807) is 18.2 Å². The van der Waals surface area contributed by atoms with Gasteiger partial charge in [-0.1, -0.05) is 18.2 Å². The fourth-order valence-electron chi connectivity index (χ4n) is 2.50. The highest BCUT2D eigenvalue weighted by molar-refractivity contribution is 5.87. The molecule has 0 bridgehead atoms. The molecule has 0 aliphatic heterocycles. The molecule has 0 spiro atoms. The lowest BCUT2D eigenvalue weighted by Crippen LogP contribution is -2.16. The van der Waals surface area contributed by atoms with Crippen molar-refractivity contribution in [1.82, 2.24) is 10.1 Å². The van der Waals surface area contributed by atoms with E-state index in [-0.39, 0.29) is 18.2 Å². The molecule has 0 saturated carbocycles. The van der Waals surface area contributed by atoms with E-state index >= 15 is 0 Å². The zero-order valence-electron chi connectivity index (χ0n) is 13.6. The lowest BCUT2D eigenvalue weighted by Gasteiger charge is -2.09. The van der Waals surface area contributed by atoms with Crippen LogP contribution in [0.2, 0.25) is 0 Å². The molecule has 0 N–H and O–H groups in total. The Hall–Kier alpha value is -3.49. The minimum atomic E-state index is -4.72. The Morgan fingerprint density at radius 3 is 2.48 bits per heavy atom. The average molecular weight is 376 g/mol. The predicted molar refractivity (Wildman–Crippen MR) is 87.0 cm³/mol. The highest BCUT2D eigenvalue weighted by Gasteiger charge is 2.30. The minimum absolute atomic E-state index is 0.0857. The number of aromatic nitrogens is 2. The van der Waals surface area contributed by atoms with Crippen molar-refractivity contribution in [3.8, 4) is 22.8 Å². The molecule has 6 nitrogen and oxygen atoms in total. The quantitative estimate of drug-likeness (QED) is 0.490. The molecular weight excluding hydrogens is 365 g/mol. The van der Waals surface area contributed by atoms with E-state index in [1.807, 2.05) is 0 Å². The second-order valence-corrected chi connectivity index (χ2v) is 5.49. The standard InChI is InChI=1S/C18H11F3N2O4/c19-18(20,21)26-13-4-1-11(2-5-13)12-3-6-15-14(9-12)17(23-27-15)25-10-16-22-7-8-24-16/h1-9H,10H2. The molecule has 9 heteroatoms. The largest absolute Gasteiger partial charge is 0.573 e. The Balaban J connectivity index is 1.58. The van der Waals surface area contributed by atoms with Crippen LogP contribution >= 0.6 is 0 Å². The summed E-state index contributed by atoms with van der Waals surface area (Å²) in [6.45, 7) is 0.0857. The Bertz CT molecular complexity index is 1040. The van der Waals surface area contributed by atoms with Crippen LogP contribution in [0, 0.1) is 0 Å². The molecule has 0 radical (unpaired) electrons. The van der Waals surface area contributed by atoms with E-state index in [4.69, 9.17) is 13.7 Å². The first kappa shape index (κ1) is 17.0. The molecule has 2 aromatic carbocycles. The third kappa shape index (κ3) is 3.86. The molecule has 0 aliphatic carbocycles. The van der Waals surface area contributed by atoms with E-state index in [0.717, 1.165) is 5.56 Å². The number of alkyl halides is 3. The Kier molecular flexibility index (Phi) is 4.19. The van der Waals surface area contributed by atoms with Crippen LogP contribution in [-0.4, -0.2) is 16.5 Å². The molecule has 0 fully saturated rings. The summed E-state index contributed by atoms with van der Waals surface area (Å²) in [5.74, 6) is 0.372. The lowest BCUT2D eigenvalue weighted by molar-refractivity contribution is -0.274. The van der Waals surface area contributed by atoms with Crippen LogP contribution in [0.15, 0.2) is 63.9 Å². The third-order valence-corrected chi connectivity index (χ3v) is 3.67. The summed E-state index contributed by atoms with van der Waals surface area (Å²) in [5, 5.41) is 4.49. The lowest BCUT2D eigenvalue weighted by atomic mass is 10.0. The van der Waals surface area contributed by atoms with Gasteiger partial charge in [0, 0.05) is 0 Å². The van der Waals surface area contributed by atoms with Crippen LogP contribution in [0.5, 0.6) is 11.6 Å². The van der Waals surface area contributed by atoms with Crippen molar-refractivity contribution in [2.24, 2.45) is 0 Å². The van der Waals surface area contributed by atoms with Gasteiger partial charge in [0.1, 0.15) is 12.0 Å². The number of nitrogens with zero attached hydrogens (tertiary/aromatic N) is 2. The summed E-state index contributed by atoms with van der Waals surface area (Å²) < 4.78 is 56.5. The summed E-state index contributed by atoms with van der Waals surface area (Å²) >= 11 is 0. The smallest absolute Gasteiger partial charge is 0.465 e. The summed E-state index contributed by atoms with van der Waals surface area (Å²) in [6.07, 6.45) is -1.79. The maximum atomic E-state index is 12.3. The molecule has 4 rings (SSSR count). The van der Waals surface area contributed by atoms with Gasteiger partial charge in [-0.25, -0.2) is 4.98 Å². The normalized spacial score (nSPS) is 11.7. The molecule has 4 aromatic rings. The second kappa shape index (κ2) is 6.67. The topological polar surface area (TPSA) is 70.5 Å². The summed E-state index contributed by atoms with van der Waals surface area (Å²) in [4.78, 5) is 3.95. The van der Waals surface area contributed by atoms with Crippen LogP contribution in [0.4, 0.5) is 13.2 Å². The number of oxazole rings is 1. The van der Waals surface area contributed by atoms with Gasteiger partial charge >= 0.3 is 6.36 Å². The maximum Gasteiger partial charge on any atom is 0.573 e. The number of fused-ring (bicyclic) bond motifs is 1. The molecular formula is C18H11F3N2O4. The number of benzene rings is 2. The molecule has 0 unspecified atom stereocenters. The number of rotatable bonds is 5. The van der Waals surface area contributed by atoms with Crippen molar-refractivity contribution in [2.75, 3.05) is 0 Å². The minimum Gasteiger partial charge on any atom is -0.465 e. The van der Waals surface area contributed by atoms with Crippen molar-refractivity contribution in [2.45, 2.75) is 13.0 Å². The average Bonchev–Trinajstić information content (AvgIpc) is 3.28. The summed E-state index contributed by atoms with van der Waals surface area (Å²) in [7, 11) is 0. The Morgan fingerprint density at radius 1 is 1.00 bits per heavy atom. The van der Waals surface area contributed by atoms with E-state index in [1.165, 1.54) is 36.7 Å². The molecule has 2 heterocycles. The van der Waals surface area contributed by atoms with E-state index < -0.39 is 6.36 Å². The van der Waals surface area contributed by atoms with Crippen LogP contribution in [0.3, 0.4) is 0 Å². The van der Waals surface area contributed by atoms with Crippen molar-refractivity contribution in [3.05, 3.63) is 60.8 Å². The van der Waals surface area contributed by atoms with Crippen LogP contribution < -0.4 is 9.47 Å². The molecule has 0 atom stereocenters. The molecule has 0 amide bonds. The predicted octanol–water partition coefficient (Wildman–Crippen LogP) is 4.96. The van der Waals surface area contributed by atoms with Gasteiger partial charge < -0.3 is 18.4 Å². The summed E-state index contributed by atoms with van der Waals surface area (Å²) in [6, 6.07) is 10.8. The second-order valence-electron chi connectivity index (χ2n) is 5.49. The fraction of sp³-hybridized carbons (Fsp3) is 0.111. The molecule has 27 heavy (non-hydrogen) atoms. The van der Waals surface area contributed by atoms with Crippen molar-refractivity contribution in [3.63, 3.8) is 0 Å². The SMILES string of the molecule is FC(F)(F)Oc1ccc(-c2ccc3onc(OCc4ncco4)c3c2)cc1. The molecule has 138 valence electrons. The third-order valence-electron chi connectivity index (χ3n) is 3.67. The molecule has 2 aromatic heterocycles. The number of hydrogen-bond acceptors (Lipinski definition) is 6. The van der Waals surface area contributed by atoms with Crippen molar-refractivity contribution in [1.29, 1.82) is 0 Å². The summed E-state index contributed by atoms with van der Waals surface area (Å²) in [5.41, 5.74) is 1.97. The van der Waals surface area contributed by atoms with E-state index in [9.17, 15) is 13.2 Å². The fourth-order valence-corrected chi connectivity index (χ4v) is 2.50. The number of hydrogen-bond donors (Lipinski definition) is 0. The van der Waals surface area contributed by atoms with E-state index in [2.05, 4.69) is 14.9 Å². The highest BCUT2D eigenvalue weighted by atomic mass is 19.4. The van der Waals surface area contributed by atoms with Gasteiger partial charge in [-0.2, -0.15) is 0 Å². The van der Waals surface area contributed by atoms with Crippen LogP contribution in [0.1, 0.15) is 5.89 Å². The van der Waals surface area contributed by atoms with Crippen molar-refractivity contribution >= 4 is 11.0 Å². The van der Waals surface area contributed by atoms with Gasteiger partial charge in [0.2, 0.25) is 5.89 Å². The van der Waals surface area contributed by atoms with Gasteiger partial charge in [-0.15, -0.1) is 13.2 Å². The van der Waals surface area contributed by atoms with E-state index in [0.29, 0.717) is 22.4 Å². The number of ether oxygens (including phenoxy) is 2. The first-order chi connectivity index (χ1) is 13.0. The monoisotopic (exact) mass is 376 g/mol. The maximum absolute atomic E-state index is 12.3. The zero-order valence-corrected chi connectivity index (χ0v) is 13.6. The van der Waals surface area contributed by atoms with Crippen LogP contribution in [-0.2, 0) is 6.61 Å².